The molecule has 0 amide bonds. The minimum absolute atomic E-state index is 0.200. The summed E-state index contributed by atoms with van der Waals surface area (Å²) >= 11 is 0. The second-order valence-corrected chi connectivity index (χ2v) is 5.34. The molecule has 21 heavy (non-hydrogen) atoms. The zero-order valence-corrected chi connectivity index (χ0v) is 12.0. The van der Waals surface area contributed by atoms with Gasteiger partial charge in [-0.1, -0.05) is 36.4 Å². The van der Waals surface area contributed by atoms with Gasteiger partial charge in [0.2, 0.25) is 0 Å². The molecule has 108 valence electrons. The van der Waals surface area contributed by atoms with E-state index < -0.39 is 0 Å². The average Bonchev–Trinajstić information content (AvgIpc) is 2.99. The largest absolute Gasteiger partial charge is 0.460 e. The standard InChI is InChI=1S/C18H19NO2/c20-18(21-13-14-5-2-1-3-6-14)12-19-17-10-9-15-7-4-8-16(15)11-17/h1-3,5-6,9-11,19H,4,7-8,12-13H2. The van der Waals surface area contributed by atoms with E-state index in [2.05, 4.69) is 17.4 Å². The van der Waals surface area contributed by atoms with Gasteiger partial charge in [0.15, 0.2) is 0 Å². The number of rotatable bonds is 5. The molecular formula is C18H19NO2. The minimum atomic E-state index is -0.237. The maximum Gasteiger partial charge on any atom is 0.325 e. The second-order valence-electron chi connectivity index (χ2n) is 5.34. The smallest absolute Gasteiger partial charge is 0.325 e. The third-order valence-electron chi connectivity index (χ3n) is 3.78. The predicted molar refractivity (Wildman–Crippen MR) is 83.2 cm³/mol. The number of hydrogen-bond donors (Lipinski definition) is 1. The molecule has 0 saturated heterocycles. The summed E-state index contributed by atoms with van der Waals surface area (Å²) < 4.78 is 5.24. The Morgan fingerprint density at radius 1 is 1.05 bits per heavy atom. The molecule has 1 aliphatic rings. The summed E-state index contributed by atoms with van der Waals surface area (Å²) in [4.78, 5) is 11.7. The average molecular weight is 281 g/mol. The Morgan fingerprint density at radius 3 is 2.71 bits per heavy atom. The van der Waals surface area contributed by atoms with E-state index in [0.29, 0.717) is 6.61 Å². The van der Waals surface area contributed by atoms with Crippen LogP contribution in [0, 0.1) is 0 Å². The van der Waals surface area contributed by atoms with Gasteiger partial charge in [-0.2, -0.15) is 0 Å². The number of fused-ring (bicyclic) bond motifs is 1. The van der Waals surface area contributed by atoms with Crippen molar-refractivity contribution in [1.82, 2.24) is 0 Å². The number of anilines is 1. The van der Waals surface area contributed by atoms with Crippen LogP contribution < -0.4 is 5.32 Å². The number of carbonyl (C=O) groups excluding carboxylic acids is 1. The Balaban J connectivity index is 1.47. The van der Waals surface area contributed by atoms with Gasteiger partial charge < -0.3 is 10.1 Å². The number of nitrogens with one attached hydrogen (secondary N) is 1. The van der Waals surface area contributed by atoms with Crippen LogP contribution in [0.2, 0.25) is 0 Å². The van der Waals surface area contributed by atoms with Crippen LogP contribution >= 0.6 is 0 Å². The van der Waals surface area contributed by atoms with Crippen molar-refractivity contribution in [3.05, 3.63) is 65.2 Å². The van der Waals surface area contributed by atoms with E-state index in [1.807, 2.05) is 36.4 Å². The number of benzene rings is 2. The summed E-state index contributed by atoms with van der Waals surface area (Å²) in [6, 6.07) is 16.0. The molecule has 0 fully saturated rings. The van der Waals surface area contributed by atoms with Crippen LogP contribution in [0.5, 0.6) is 0 Å². The van der Waals surface area contributed by atoms with Crippen LogP contribution in [-0.4, -0.2) is 12.5 Å². The third-order valence-corrected chi connectivity index (χ3v) is 3.78. The molecule has 0 atom stereocenters. The molecule has 1 N–H and O–H groups in total. The molecule has 1 aliphatic carbocycles. The lowest BCUT2D eigenvalue weighted by molar-refractivity contribution is -0.142. The molecular weight excluding hydrogens is 262 g/mol. The summed E-state index contributed by atoms with van der Waals surface area (Å²) in [5, 5.41) is 3.14. The lowest BCUT2D eigenvalue weighted by Crippen LogP contribution is -2.16. The molecule has 0 aromatic heterocycles. The van der Waals surface area contributed by atoms with Crippen molar-refractivity contribution < 1.29 is 9.53 Å². The molecule has 0 spiro atoms. The van der Waals surface area contributed by atoms with E-state index in [4.69, 9.17) is 4.74 Å². The molecule has 0 bridgehead atoms. The highest BCUT2D eigenvalue weighted by Crippen LogP contribution is 2.24. The molecule has 0 heterocycles. The van der Waals surface area contributed by atoms with Gasteiger partial charge in [0, 0.05) is 5.69 Å². The van der Waals surface area contributed by atoms with E-state index in [0.717, 1.165) is 17.7 Å². The summed E-state index contributed by atoms with van der Waals surface area (Å²) in [5.74, 6) is -0.237. The van der Waals surface area contributed by atoms with Crippen molar-refractivity contribution >= 4 is 11.7 Å². The molecule has 0 aliphatic heterocycles. The Kier molecular flexibility index (Phi) is 4.20. The van der Waals surface area contributed by atoms with E-state index >= 15 is 0 Å². The molecule has 0 radical (unpaired) electrons. The van der Waals surface area contributed by atoms with Gasteiger partial charge in [0.1, 0.15) is 13.2 Å². The van der Waals surface area contributed by atoms with Crippen molar-refractivity contribution in [1.29, 1.82) is 0 Å². The minimum Gasteiger partial charge on any atom is -0.460 e. The first kappa shape index (κ1) is 13.7. The normalized spacial score (nSPS) is 12.8. The van der Waals surface area contributed by atoms with Crippen LogP contribution in [0.25, 0.3) is 0 Å². The van der Waals surface area contributed by atoms with Gasteiger partial charge in [0.25, 0.3) is 0 Å². The monoisotopic (exact) mass is 281 g/mol. The fraction of sp³-hybridized carbons (Fsp3) is 0.278. The molecule has 3 nitrogen and oxygen atoms in total. The number of esters is 1. The van der Waals surface area contributed by atoms with E-state index in [9.17, 15) is 4.79 Å². The number of carbonyl (C=O) groups is 1. The van der Waals surface area contributed by atoms with Crippen molar-refractivity contribution in [2.75, 3.05) is 11.9 Å². The molecule has 2 aromatic rings. The fourth-order valence-corrected chi connectivity index (χ4v) is 2.65. The lowest BCUT2D eigenvalue weighted by atomic mass is 10.1. The number of aryl methyl sites for hydroxylation is 2. The van der Waals surface area contributed by atoms with E-state index in [-0.39, 0.29) is 12.5 Å². The second kappa shape index (κ2) is 6.44. The van der Waals surface area contributed by atoms with Crippen molar-refractivity contribution in [3.8, 4) is 0 Å². The predicted octanol–water partition coefficient (Wildman–Crippen LogP) is 3.33. The summed E-state index contributed by atoms with van der Waals surface area (Å²) in [6.07, 6.45) is 3.55. The molecule has 3 heteroatoms. The van der Waals surface area contributed by atoms with Crippen molar-refractivity contribution in [3.63, 3.8) is 0 Å². The van der Waals surface area contributed by atoms with Gasteiger partial charge in [-0.25, -0.2) is 0 Å². The van der Waals surface area contributed by atoms with E-state index in [1.165, 1.54) is 24.0 Å². The van der Waals surface area contributed by atoms with Crippen LogP contribution in [0.4, 0.5) is 5.69 Å². The fourth-order valence-electron chi connectivity index (χ4n) is 2.65. The van der Waals surface area contributed by atoms with Crippen LogP contribution in [0.15, 0.2) is 48.5 Å². The Bertz CT molecular complexity index is 622. The highest BCUT2D eigenvalue weighted by Gasteiger charge is 2.11. The maximum absolute atomic E-state index is 11.7. The van der Waals surface area contributed by atoms with Gasteiger partial charge in [0.05, 0.1) is 0 Å². The van der Waals surface area contributed by atoms with Gasteiger partial charge in [-0.15, -0.1) is 0 Å². The van der Waals surface area contributed by atoms with Gasteiger partial charge >= 0.3 is 5.97 Å². The van der Waals surface area contributed by atoms with Gasteiger partial charge in [-0.05, 0) is 48.1 Å². The highest BCUT2D eigenvalue weighted by molar-refractivity contribution is 5.75. The van der Waals surface area contributed by atoms with E-state index in [1.54, 1.807) is 0 Å². The number of hydrogen-bond acceptors (Lipinski definition) is 3. The molecule has 2 aromatic carbocycles. The first-order valence-corrected chi connectivity index (χ1v) is 7.36. The molecule has 0 saturated carbocycles. The SMILES string of the molecule is O=C(CNc1ccc2c(c1)CCC2)OCc1ccccc1. The van der Waals surface area contributed by atoms with Crippen LogP contribution in [0.3, 0.4) is 0 Å². The van der Waals surface area contributed by atoms with Crippen molar-refractivity contribution in [2.45, 2.75) is 25.9 Å². The summed E-state index contributed by atoms with van der Waals surface area (Å²) in [7, 11) is 0. The molecule has 3 rings (SSSR count). The highest BCUT2D eigenvalue weighted by atomic mass is 16.5. The van der Waals surface area contributed by atoms with Crippen LogP contribution in [-0.2, 0) is 29.0 Å². The quantitative estimate of drug-likeness (QED) is 0.854. The summed E-state index contributed by atoms with van der Waals surface area (Å²) in [6.45, 7) is 0.525. The zero-order valence-electron chi connectivity index (χ0n) is 12.0. The zero-order chi connectivity index (χ0) is 14.5. The first-order chi connectivity index (χ1) is 10.3. The van der Waals surface area contributed by atoms with Crippen LogP contribution in [0.1, 0.15) is 23.1 Å². The Morgan fingerprint density at radius 2 is 1.86 bits per heavy atom. The first-order valence-electron chi connectivity index (χ1n) is 7.36. The number of ether oxygens (including phenoxy) is 1. The summed E-state index contributed by atoms with van der Waals surface area (Å²) in [5.41, 5.74) is 4.83. The Labute approximate surface area is 124 Å². The molecule has 0 unspecified atom stereocenters. The Hall–Kier alpha value is -2.29. The lowest BCUT2D eigenvalue weighted by Gasteiger charge is -2.09. The topological polar surface area (TPSA) is 38.3 Å². The van der Waals surface area contributed by atoms with Crippen molar-refractivity contribution in [2.24, 2.45) is 0 Å². The van der Waals surface area contributed by atoms with Gasteiger partial charge in [-0.3, -0.25) is 4.79 Å². The maximum atomic E-state index is 11.7. The third kappa shape index (κ3) is 3.63.